The number of nitrogens with two attached hydrogens (primary N) is 3. The Morgan fingerprint density at radius 1 is 0.844 bits per heavy atom. The van der Waals surface area contributed by atoms with Gasteiger partial charge in [0.1, 0.15) is 18.1 Å². The van der Waals surface area contributed by atoms with E-state index in [2.05, 4.69) is 25.9 Å². The van der Waals surface area contributed by atoms with Crippen LogP contribution in [0.3, 0.4) is 0 Å². The van der Waals surface area contributed by atoms with Gasteiger partial charge in [0, 0.05) is 30.1 Å². The molecule has 4 atom stereocenters. The lowest BCUT2D eigenvalue weighted by Crippen LogP contribution is -2.57. The zero-order valence-electron chi connectivity index (χ0n) is 25.7. The summed E-state index contributed by atoms with van der Waals surface area (Å²) in [6.45, 7) is 3.98. The third-order valence-corrected chi connectivity index (χ3v) is 7.27. The van der Waals surface area contributed by atoms with E-state index in [0.29, 0.717) is 6.42 Å². The second-order valence-electron chi connectivity index (χ2n) is 11.5. The molecule has 2 aromatic carbocycles. The number of fused-ring (bicyclic) bond motifs is 1. The van der Waals surface area contributed by atoms with E-state index in [-0.39, 0.29) is 44.1 Å². The minimum atomic E-state index is -1.20. The number of carboxylic acid groups (broad SMARTS) is 1. The van der Waals surface area contributed by atoms with E-state index in [0.717, 1.165) is 22.0 Å². The Hall–Kier alpha value is -4.91. The van der Waals surface area contributed by atoms with Crippen LogP contribution in [0, 0.1) is 5.92 Å². The van der Waals surface area contributed by atoms with Crippen LogP contribution in [-0.4, -0.2) is 70.5 Å². The van der Waals surface area contributed by atoms with Crippen LogP contribution in [0.1, 0.15) is 44.2 Å². The summed E-state index contributed by atoms with van der Waals surface area (Å²) in [6.07, 6.45) is 2.86. The second kappa shape index (κ2) is 16.8. The van der Waals surface area contributed by atoms with Gasteiger partial charge >= 0.3 is 5.97 Å². The molecule has 0 aliphatic heterocycles. The first-order chi connectivity index (χ1) is 21.4. The zero-order chi connectivity index (χ0) is 32.9. The van der Waals surface area contributed by atoms with E-state index in [1.165, 1.54) is 0 Å². The summed E-state index contributed by atoms with van der Waals surface area (Å²) in [4.78, 5) is 59.2. The number of aromatic nitrogens is 1. The van der Waals surface area contributed by atoms with Crippen molar-refractivity contribution < 1.29 is 24.3 Å². The summed E-state index contributed by atoms with van der Waals surface area (Å²) in [6, 6.07) is 12.3. The quantitative estimate of drug-likeness (QED) is 0.0613. The molecule has 45 heavy (non-hydrogen) atoms. The number of H-pyrrole nitrogens is 1. The summed E-state index contributed by atoms with van der Waals surface area (Å²) in [7, 11) is 0. The van der Waals surface area contributed by atoms with Crippen molar-refractivity contribution in [3.8, 4) is 0 Å². The normalized spacial score (nSPS) is 13.8. The molecule has 0 aliphatic rings. The molecule has 0 spiro atoms. The van der Waals surface area contributed by atoms with Crippen LogP contribution in [0.25, 0.3) is 10.9 Å². The van der Waals surface area contributed by atoms with Crippen molar-refractivity contribution >= 4 is 40.6 Å². The van der Waals surface area contributed by atoms with Crippen molar-refractivity contribution in [1.29, 1.82) is 0 Å². The first-order valence-electron chi connectivity index (χ1n) is 15.0. The molecule has 3 aromatic rings. The Bertz CT molecular complexity index is 1470. The number of hydrogen-bond acceptors (Lipinski definition) is 6. The van der Waals surface area contributed by atoms with Gasteiger partial charge in [0.2, 0.25) is 17.7 Å². The third-order valence-electron chi connectivity index (χ3n) is 7.27. The number of carbonyl (C=O) groups excluding carboxylic acids is 3. The highest BCUT2D eigenvalue weighted by Crippen LogP contribution is 2.19. The summed E-state index contributed by atoms with van der Waals surface area (Å²) in [5, 5.41) is 18.8. The number of amides is 3. The van der Waals surface area contributed by atoms with Crippen LogP contribution in [0.5, 0.6) is 0 Å². The van der Waals surface area contributed by atoms with E-state index in [1.807, 2.05) is 44.2 Å². The molecule has 0 aliphatic carbocycles. The van der Waals surface area contributed by atoms with Crippen molar-refractivity contribution in [3.05, 3.63) is 71.9 Å². The first-order valence-corrected chi connectivity index (χ1v) is 15.0. The molecule has 13 nitrogen and oxygen atoms in total. The van der Waals surface area contributed by atoms with E-state index < -0.39 is 47.9 Å². The van der Waals surface area contributed by atoms with Crippen LogP contribution in [0.15, 0.2) is 65.8 Å². The van der Waals surface area contributed by atoms with E-state index in [1.54, 1.807) is 30.5 Å². The van der Waals surface area contributed by atoms with Gasteiger partial charge in [0.15, 0.2) is 5.96 Å². The average Bonchev–Trinajstić information content (AvgIpc) is 3.40. The number of aromatic amines is 1. The number of benzene rings is 2. The van der Waals surface area contributed by atoms with E-state index >= 15 is 0 Å². The van der Waals surface area contributed by atoms with E-state index in [4.69, 9.17) is 17.2 Å². The molecule has 4 unspecified atom stereocenters. The number of para-hydroxylation sites is 1. The van der Waals surface area contributed by atoms with Gasteiger partial charge in [-0.05, 0) is 48.8 Å². The minimum Gasteiger partial charge on any atom is -0.480 e. The highest BCUT2D eigenvalue weighted by molar-refractivity contribution is 5.94. The van der Waals surface area contributed by atoms with Crippen molar-refractivity contribution in [2.75, 3.05) is 6.54 Å². The van der Waals surface area contributed by atoms with Gasteiger partial charge in [-0.25, -0.2) is 4.79 Å². The molecule has 13 heteroatoms. The summed E-state index contributed by atoms with van der Waals surface area (Å²) >= 11 is 0. The SMILES string of the molecule is CC(C)CC(NC(=O)C(CCCN=C(N)N)NC(=O)C(N)Cc1c[nH]c2ccccc12)C(=O)NC(Cc1ccccc1)C(=O)O. The van der Waals surface area contributed by atoms with E-state index in [9.17, 15) is 24.3 Å². The van der Waals surface area contributed by atoms with Gasteiger partial charge in [-0.15, -0.1) is 0 Å². The molecule has 3 rings (SSSR count). The second-order valence-corrected chi connectivity index (χ2v) is 11.5. The Morgan fingerprint density at radius 2 is 1.47 bits per heavy atom. The fourth-order valence-electron chi connectivity index (χ4n) is 4.98. The fraction of sp³-hybridized carbons (Fsp3) is 0.406. The lowest BCUT2D eigenvalue weighted by atomic mass is 10.0. The Kier molecular flexibility index (Phi) is 12.9. The van der Waals surface area contributed by atoms with Crippen LogP contribution in [0.2, 0.25) is 0 Å². The highest BCUT2D eigenvalue weighted by atomic mass is 16.4. The molecule has 0 saturated carbocycles. The zero-order valence-corrected chi connectivity index (χ0v) is 25.7. The lowest BCUT2D eigenvalue weighted by molar-refractivity contribution is -0.142. The van der Waals surface area contributed by atoms with Gasteiger partial charge in [0.25, 0.3) is 0 Å². The maximum absolute atomic E-state index is 13.6. The summed E-state index contributed by atoms with van der Waals surface area (Å²) in [5.41, 5.74) is 19.6. The molecule has 0 radical (unpaired) electrons. The predicted octanol–water partition coefficient (Wildman–Crippen LogP) is 0.919. The third kappa shape index (κ3) is 10.9. The van der Waals surface area contributed by atoms with Gasteiger partial charge in [-0.1, -0.05) is 62.4 Å². The molecule has 3 amide bonds. The van der Waals surface area contributed by atoms with Crippen LogP contribution < -0.4 is 33.2 Å². The topological polar surface area (TPSA) is 231 Å². The van der Waals surface area contributed by atoms with Crippen molar-refractivity contribution in [2.24, 2.45) is 28.1 Å². The molecular formula is C32H44N8O5. The van der Waals surface area contributed by atoms with Gasteiger partial charge < -0.3 is 43.2 Å². The fourth-order valence-corrected chi connectivity index (χ4v) is 4.98. The minimum absolute atomic E-state index is 0.0158. The maximum Gasteiger partial charge on any atom is 0.326 e. The molecule has 1 heterocycles. The number of guanidine groups is 1. The number of nitrogens with zero attached hydrogens (tertiary/aromatic N) is 1. The highest BCUT2D eigenvalue weighted by Gasteiger charge is 2.31. The number of aliphatic carboxylic acids is 1. The van der Waals surface area contributed by atoms with Crippen LogP contribution in [-0.2, 0) is 32.0 Å². The van der Waals surface area contributed by atoms with Crippen LogP contribution >= 0.6 is 0 Å². The number of rotatable bonds is 17. The molecule has 0 saturated heterocycles. The summed E-state index contributed by atoms with van der Waals surface area (Å²) in [5.74, 6) is -3.10. The molecule has 11 N–H and O–H groups in total. The predicted molar refractivity (Wildman–Crippen MR) is 173 cm³/mol. The number of nitrogens with one attached hydrogen (secondary N) is 4. The van der Waals surface area contributed by atoms with Crippen molar-refractivity contribution in [1.82, 2.24) is 20.9 Å². The molecular weight excluding hydrogens is 576 g/mol. The molecule has 242 valence electrons. The molecule has 1 aromatic heterocycles. The number of carboxylic acids is 1. The summed E-state index contributed by atoms with van der Waals surface area (Å²) < 4.78 is 0. The van der Waals surface area contributed by atoms with Gasteiger partial charge in [0.05, 0.1) is 6.04 Å². The Balaban J connectivity index is 1.73. The monoisotopic (exact) mass is 620 g/mol. The smallest absolute Gasteiger partial charge is 0.326 e. The van der Waals surface area contributed by atoms with Gasteiger partial charge in [-0.3, -0.25) is 19.4 Å². The first kappa shape index (κ1) is 34.6. The van der Waals surface area contributed by atoms with Crippen LogP contribution in [0.4, 0.5) is 0 Å². The average molecular weight is 621 g/mol. The number of aliphatic imine (C=N–C) groups is 1. The number of carbonyl (C=O) groups is 4. The maximum atomic E-state index is 13.6. The number of hydrogen-bond donors (Lipinski definition) is 8. The van der Waals surface area contributed by atoms with Crippen molar-refractivity contribution in [2.45, 2.75) is 70.1 Å². The Morgan fingerprint density at radius 3 is 2.13 bits per heavy atom. The molecule has 0 bridgehead atoms. The standard InChI is InChI=1S/C32H44N8O5/c1-19(2)15-26(30(43)40-27(31(44)45)16-20-9-4-3-5-10-20)39-29(42)25(13-8-14-36-32(34)35)38-28(41)23(33)17-21-18-37-24-12-7-6-11-22(21)24/h3-7,9-12,18-19,23,25-27,37H,8,13-17,33H2,1-2H3,(H,38,41)(H,39,42)(H,40,43)(H,44,45)(H4,34,35,36). The van der Waals surface area contributed by atoms with Crippen molar-refractivity contribution in [3.63, 3.8) is 0 Å². The lowest BCUT2D eigenvalue weighted by Gasteiger charge is -2.26. The largest absolute Gasteiger partial charge is 0.480 e. The van der Waals surface area contributed by atoms with Gasteiger partial charge in [-0.2, -0.15) is 0 Å². The molecule has 0 fully saturated rings. The Labute approximate surface area is 262 Å².